The summed E-state index contributed by atoms with van der Waals surface area (Å²) in [6.45, 7) is 3.93. The zero-order valence-electron chi connectivity index (χ0n) is 20.2. The van der Waals surface area contributed by atoms with Crippen LogP contribution in [0.2, 0.25) is 0 Å². The first-order valence-electron chi connectivity index (χ1n) is 12.1. The molecule has 2 aromatic heterocycles. The number of unbranched alkanes of at least 4 members (excludes halogenated alkanes) is 4. The monoisotopic (exact) mass is 478 g/mol. The third-order valence-corrected chi connectivity index (χ3v) is 5.03. The molecule has 8 nitrogen and oxygen atoms in total. The quantitative estimate of drug-likeness (QED) is 0.214. The van der Waals surface area contributed by atoms with E-state index in [1.165, 1.54) is 0 Å². The van der Waals surface area contributed by atoms with Crippen molar-refractivity contribution in [1.29, 1.82) is 0 Å². The van der Waals surface area contributed by atoms with Crippen LogP contribution < -0.4 is 0 Å². The summed E-state index contributed by atoms with van der Waals surface area (Å²) in [4.78, 5) is 30.2. The molecule has 0 bridgehead atoms. The van der Waals surface area contributed by atoms with Crippen LogP contribution in [0.3, 0.4) is 0 Å². The topological polar surface area (TPSA) is 116 Å². The first-order chi connectivity index (χ1) is 16.6. The lowest BCUT2D eigenvalue weighted by atomic mass is 10.1. The van der Waals surface area contributed by atoms with Crippen molar-refractivity contribution in [3.8, 4) is 0 Å². The van der Waals surface area contributed by atoms with E-state index in [4.69, 9.17) is 13.9 Å². The summed E-state index contributed by atoms with van der Waals surface area (Å²) in [7, 11) is 0. The fraction of sp³-hybridized carbons (Fsp3) is 0.577. The van der Waals surface area contributed by atoms with Gasteiger partial charge in [0.1, 0.15) is 23.0 Å². The van der Waals surface area contributed by atoms with Gasteiger partial charge < -0.3 is 23.4 Å². The van der Waals surface area contributed by atoms with Gasteiger partial charge in [-0.05, 0) is 62.8 Å². The van der Waals surface area contributed by atoms with Crippen molar-refractivity contribution in [2.45, 2.75) is 84.0 Å². The molecule has 0 amide bonds. The lowest BCUT2D eigenvalue weighted by molar-refractivity contribution is -0.137. The Labute approximate surface area is 201 Å². The first-order valence-corrected chi connectivity index (χ1v) is 12.1. The molecule has 0 aromatic carbocycles. The molecule has 0 saturated carbocycles. The minimum Gasteiger partial charge on any atom is -0.481 e. The summed E-state index contributed by atoms with van der Waals surface area (Å²) in [5.74, 6) is 3.12. The Morgan fingerprint density at radius 1 is 0.735 bits per heavy atom. The number of rotatable bonds is 19. The molecule has 2 aromatic rings. The molecule has 0 aliphatic rings. The standard InChI is InChI=1S/C16H24O5.C10H14O3/c17-13-20-12-6-2-4-8-15-11-10-14(21-15)7-3-1-5-9-16(18)19;1-2-3-9-4-5-10(13-9)6-7-12-8-11/h10-11,13H,1-9,12H2,(H,18,19);4-5,8H,2-3,6-7H2,1H3. The van der Waals surface area contributed by atoms with Gasteiger partial charge in [-0.1, -0.05) is 13.3 Å². The van der Waals surface area contributed by atoms with Gasteiger partial charge in [0.2, 0.25) is 0 Å². The second kappa shape index (κ2) is 19.4. The van der Waals surface area contributed by atoms with E-state index in [0.717, 1.165) is 87.2 Å². The van der Waals surface area contributed by atoms with Gasteiger partial charge in [-0.2, -0.15) is 0 Å². The van der Waals surface area contributed by atoms with E-state index in [1.54, 1.807) is 0 Å². The van der Waals surface area contributed by atoms with E-state index < -0.39 is 5.97 Å². The van der Waals surface area contributed by atoms with Crippen LogP contribution in [-0.2, 0) is 49.5 Å². The van der Waals surface area contributed by atoms with Crippen molar-refractivity contribution < 1.29 is 37.8 Å². The summed E-state index contributed by atoms with van der Waals surface area (Å²) in [5.41, 5.74) is 0. The predicted octanol–water partition coefficient (Wildman–Crippen LogP) is 5.30. The second-order valence-corrected chi connectivity index (χ2v) is 7.94. The fourth-order valence-corrected chi connectivity index (χ4v) is 3.30. The third kappa shape index (κ3) is 14.9. The summed E-state index contributed by atoms with van der Waals surface area (Å²) < 4.78 is 20.4. The molecule has 2 rings (SSSR count). The second-order valence-electron chi connectivity index (χ2n) is 7.94. The molecule has 0 aliphatic carbocycles. The lowest BCUT2D eigenvalue weighted by Crippen LogP contribution is -1.94. The van der Waals surface area contributed by atoms with Gasteiger partial charge in [0, 0.05) is 32.1 Å². The molecular weight excluding hydrogens is 440 g/mol. The average molecular weight is 479 g/mol. The number of carbonyl (C=O) groups is 3. The van der Waals surface area contributed by atoms with Crippen molar-refractivity contribution >= 4 is 18.9 Å². The number of carboxylic acids is 1. The van der Waals surface area contributed by atoms with Crippen LogP contribution >= 0.6 is 0 Å². The summed E-state index contributed by atoms with van der Waals surface area (Å²) in [6.07, 6.45) is 10.2. The highest BCUT2D eigenvalue weighted by Gasteiger charge is 2.03. The van der Waals surface area contributed by atoms with Crippen LogP contribution in [0.4, 0.5) is 0 Å². The summed E-state index contributed by atoms with van der Waals surface area (Å²) in [5, 5.41) is 8.54. The predicted molar refractivity (Wildman–Crippen MR) is 127 cm³/mol. The molecule has 190 valence electrons. The van der Waals surface area contributed by atoms with Crippen LogP contribution in [0.5, 0.6) is 0 Å². The van der Waals surface area contributed by atoms with Gasteiger partial charge in [-0.25, -0.2) is 0 Å². The molecule has 8 heteroatoms. The molecule has 0 radical (unpaired) electrons. The smallest absolute Gasteiger partial charge is 0.303 e. The largest absolute Gasteiger partial charge is 0.481 e. The maximum absolute atomic E-state index is 10.4. The molecule has 0 unspecified atom stereocenters. The first kappa shape index (κ1) is 29.0. The average Bonchev–Trinajstić information content (AvgIpc) is 3.46. The zero-order chi connectivity index (χ0) is 24.9. The summed E-state index contributed by atoms with van der Waals surface area (Å²) >= 11 is 0. The molecule has 0 fully saturated rings. The normalized spacial score (nSPS) is 10.3. The number of hydrogen-bond donors (Lipinski definition) is 1. The minimum atomic E-state index is -0.728. The highest BCUT2D eigenvalue weighted by molar-refractivity contribution is 5.66. The molecule has 34 heavy (non-hydrogen) atoms. The van der Waals surface area contributed by atoms with Crippen molar-refractivity contribution in [2.24, 2.45) is 0 Å². The Morgan fingerprint density at radius 2 is 1.24 bits per heavy atom. The molecule has 0 saturated heterocycles. The van der Waals surface area contributed by atoms with Gasteiger partial charge in [-0.15, -0.1) is 0 Å². The minimum absolute atomic E-state index is 0.247. The van der Waals surface area contributed by atoms with Gasteiger partial charge in [0.25, 0.3) is 12.9 Å². The van der Waals surface area contributed by atoms with E-state index >= 15 is 0 Å². The van der Waals surface area contributed by atoms with Crippen molar-refractivity contribution in [1.82, 2.24) is 0 Å². The third-order valence-electron chi connectivity index (χ3n) is 5.03. The van der Waals surface area contributed by atoms with E-state index in [9.17, 15) is 14.4 Å². The Balaban J connectivity index is 0.000000380. The van der Waals surface area contributed by atoms with Crippen molar-refractivity contribution in [3.05, 3.63) is 47.3 Å². The Morgan fingerprint density at radius 3 is 1.76 bits per heavy atom. The highest BCUT2D eigenvalue weighted by Crippen LogP contribution is 2.15. The van der Waals surface area contributed by atoms with Crippen LogP contribution in [0, 0.1) is 0 Å². The molecular formula is C26H38O8. The number of furan rings is 2. The number of aliphatic carboxylic acids is 1. The number of hydrogen-bond acceptors (Lipinski definition) is 7. The number of carbonyl (C=O) groups excluding carboxylic acids is 2. The van der Waals surface area contributed by atoms with Gasteiger partial charge in [0.05, 0.1) is 13.2 Å². The molecule has 2 heterocycles. The van der Waals surface area contributed by atoms with Crippen LogP contribution in [-0.4, -0.2) is 37.2 Å². The number of carboxylic acid groups (broad SMARTS) is 1. The van der Waals surface area contributed by atoms with E-state index in [1.807, 2.05) is 24.3 Å². The van der Waals surface area contributed by atoms with Crippen LogP contribution in [0.1, 0.15) is 81.3 Å². The molecule has 0 aliphatic heterocycles. The Bertz CT molecular complexity index is 792. The SMILES string of the molecule is CCCc1ccc(CCOC=O)o1.O=COCCCCCc1ccc(CCCCCC(=O)O)o1. The lowest BCUT2D eigenvalue weighted by Gasteiger charge is -2.00. The number of ether oxygens (including phenoxy) is 2. The van der Waals surface area contributed by atoms with Crippen LogP contribution in [0.25, 0.3) is 0 Å². The van der Waals surface area contributed by atoms with Crippen molar-refractivity contribution in [3.63, 3.8) is 0 Å². The van der Waals surface area contributed by atoms with Gasteiger partial charge in [-0.3, -0.25) is 14.4 Å². The molecule has 1 N–H and O–H groups in total. The molecule has 0 spiro atoms. The molecule has 0 atom stereocenters. The number of aryl methyl sites for hydroxylation is 3. The van der Waals surface area contributed by atoms with Gasteiger partial charge >= 0.3 is 5.97 Å². The fourth-order valence-electron chi connectivity index (χ4n) is 3.30. The van der Waals surface area contributed by atoms with E-state index in [-0.39, 0.29) is 6.42 Å². The maximum atomic E-state index is 10.4. The maximum Gasteiger partial charge on any atom is 0.303 e. The Kier molecular flexibility index (Phi) is 16.6. The van der Waals surface area contributed by atoms with E-state index in [0.29, 0.717) is 32.6 Å². The van der Waals surface area contributed by atoms with E-state index in [2.05, 4.69) is 16.4 Å². The van der Waals surface area contributed by atoms with Crippen LogP contribution in [0.15, 0.2) is 33.1 Å². The Hall–Kier alpha value is -3.03. The van der Waals surface area contributed by atoms with Crippen molar-refractivity contribution in [2.75, 3.05) is 13.2 Å². The van der Waals surface area contributed by atoms with Gasteiger partial charge in [0.15, 0.2) is 0 Å². The zero-order valence-corrected chi connectivity index (χ0v) is 20.2. The highest BCUT2D eigenvalue weighted by atomic mass is 16.5. The summed E-state index contributed by atoms with van der Waals surface area (Å²) in [6, 6.07) is 7.91.